The first kappa shape index (κ1) is 26.7. The topological polar surface area (TPSA) is 135 Å². The van der Waals surface area contributed by atoms with Gasteiger partial charge in [0, 0.05) is 31.9 Å². The third-order valence-corrected chi connectivity index (χ3v) is 6.63. The van der Waals surface area contributed by atoms with Gasteiger partial charge in [-0.1, -0.05) is 55.5 Å². The summed E-state index contributed by atoms with van der Waals surface area (Å²) in [5.41, 5.74) is 5.33. The van der Waals surface area contributed by atoms with Gasteiger partial charge >= 0.3 is 29.6 Å². The maximum atomic E-state index is 12.2. The van der Waals surface area contributed by atoms with Crippen molar-refractivity contribution >= 4 is 11.9 Å². The summed E-state index contributed by atoms with van der Waals surface area (Å²) in [7, 11) is 0. The number of aliphatic carboxylic acids is 1. The van der Waals surface area contributed by atoms with E-state index in [2.05, 4.69) is 32.5 Å². The largest absolute Gasteiger partial charge is 1.00 e. The second-order valence-corrected chi connectivity index (χ2v) is 8.93. The standard InChI is InChI=1S/C26H27N7O3.Na/c1-3-6-22-27-21-13-14-32(16(2)34)24(26(35)36)23(21)33(22)15-17-9-11-18(12-10-17)19-7-4-5-8-20(19)25-28-30-31-29-25;/h4-5,7-12,24H,3,6,13-15H2,1-2H3,(H2,28,29,30,31,35,36);/q;+1. The number of amides is 1. The fraction of sp³-hybridized carbons (Fsp3) is 0.308. The summed E-state index contributed by atoms with van der Waals surface area (Å²) in [6.07, 6.45) is 2.24. The number of carbonyl (C=O) groups is 2. The number of hydrogen-bond donors (Lipinski definition) is 2. The van der Waals surface area contributed by atoms with Gasteiger partial charge in [-0.25, -0.2) is 9.55 Å². The quantitative estimate of drug-likeness (QED) is 0.227. The van der Waals surface area contributed by atoms with Crippen molar-refractivity contribution in [2.45, 2.75) is 45.7 Å². The molecule has 0 saturated heterocycles. The Labute approximate surface area is 236 Å². The molecular weight excluding hydrogens is 481 g/mol. The van der Waals surface area contributed by atoms with Crippen LogP contribution in [0.1, 0.15) is 49.1 Å². The minimum atomic E-state index is -1.27. The number of benzene rings is 2. The summed E-state index contributed by atoms with van der Waals surface area (Å²) < 4.78 is 2.01. The van der Waals surface area contributed by atoms with Gasteiger partial charge in [-0.15, -0.1) is 10.2 Å². The van der Waals surface area contributed by atoms with Crippen molar-refractivity contribution in [3.8, 4) is 22.5 Å². The molecule has 11 heteroatoms. The minimum absolute atomic E-state index is 0. The Kier molecular flexibility index (Phi) is 8.21. The van der Waals surface area contributed by atoms with E-state index < -0.39 is 12.0 Å². The Hall–Kier alpha value is -3.34. The molecule has 37 heavy (non-hydrogen) atoms. The number of aryl methyl sites for hydroxylation is 1. The van der Waals surface area contributed by atoms with Gasteiger partial charge in [0.15, 0.2) is 5.69 Å². The molecule has 0 spiro atoms. The predicted octanol–water partition coefficient (Wildman–Crippen LogP) is -1.65. The Balaban J connectivity index is 0.00000320. The van der Waals surface area contributed by atoms with Gasteiger partial charge in [-0.05, 0) is 28.3 Å². The van der Waals surface area contributed by atoms with E-state index in [0.29, 0.717) is 31.0 Å². The summed E-state index contributed by atoms with van der Waals surface area (Å²) in [5, 5.41) is 26.6. The molecule has 2 aromatic heterocycles. The van der Waals surface area contributed by atoms with Crippen LogP contribution in [0.15, 0.2) is 48.5 Å². The molecule has 3 heterocycles. The van der Waals surface area contributed by atoms with Gasteiger partial charge in [0.25, 0.3) is 5.82 Å². The number of fused-ring (bicyclic) bond motifs is 1. The number of imidazole rings is 1. The SMILES string of the molecule is CCCc1[nH]c2c([n+]1Cc1ccc(-c3ccccc3-c3nn[nH]n3)cc1)C(C(=O)[O-])N(C(C)=O)CC2.[Na+]. The van der Waals surface area contributed by atoms with Crippen LogP contribution in [0.5, 0.6) is 0 Å². The van der Waals surface area contributed by atoms with Crippen LogP contribution in [0.25, 0.3) is 22.5 Å². The van der Waals surface area contributed by atoms with Crippen LogP contribution in [0.3, 0.4) is 0 Å². The molecule has 1 amide bonds. The number of nitrogens with zero attached hydrogens (tertiary/aromatic N) is 5. The van der Waals surface area contributed by atoms with Crippen LogP contribution in [0.4, 0.5) is 0 Å². The van der Waals surface area contributed by atoms with Crippen molar-refractivity contribution in [1.82, 2.24) is 30.5 Å². The molecule has 0 saturated carbocycles. The second-order valence-electron chi connectivity index (χ2n) is 8.93. The van der Waals surface area contributed by atoms with Crippen LogP contribution in [-0.4, -0.2) is 48.9 Å². The Morgan fingerprint density at radius 3 is 2.49 bits per heavy atom. The summed E-state index contributed by atoms with van der Waals surface area (Å²) >= 11 is 0. The average Bonchev–Trinajstić information content (AvgIpc) is 3.53. The molecule has 2 aromatic carbocycles. The molecule has 0 fully saturated rings. The summed E-state index contributed by atoms with van der Waals surface area (Å²) in [5.74, 6) is -0.0675. The van der Waals surface area contributed by atoms with Crippen molar-refractivity contribution in [2.24, 2.45) is 0 Å². The van der Waals surface area contributed by atoms with Crippen LogP contribution in [0.2, 0.25) is 0 Å². The second kappa shape index (κ2) is 11.4. The van der Waals surface area contributed by atoms with Crippen molar-refractivity contribution < 1.29 is 48.8 Å². The van der Waals surface area contributed by atoms with Gasteiger partial charge < -0.3 is 14.8 Å². The number of aromatic amines is 2. The molecule has 184 valence electrons. The molecule has 0 radical (unpaired) electrons. The molecule has 4 aromatic rings. The Bertz CT molecular complexity index is 1400. The zero-order valence-electron chi connectivity index (χ0n) is 21.2. The number of aromatic nitrogens is 6. The molecule has 0 bridgehead atoms. The van der Waals surface area contributed by atoms with E-state index in [4.69, 9.17) is 0 Å². The van der Waals surface area contributed by atoms with E-state index in [-0.39, 0.29) is 35.5 Å². The van der Waals surface area contributed by atoms with Crippen LogP contribution >= 0.6 is 0 Å². The number of tetrazole rings is 1. The maximum Gasteiger partial charge on any atom is 1.00 e. The fourth-order valence-corrected chi connectivity index (χ4v) is 5.00. The van der Waals surface area contributed by atoms with Crippen molar-refractivity contribution in [1.29, 1.82) is 0 Å². The zero-order valence-corrected chi connectivity index (χ0v) is 23.2. The number of carboxylic acids is 1. The summed E-state index contributed by atoms with van der Waals surface area (Å²) in [4.78, 5) is 29.2. The van der Waals surface area contributed by atoms with Gasteiger partial charge in [0.2, 0.25) is 11.7 Å². The van der Waals surface area contributed by atoms with Crippen LogP contribution in [-0.2, 0) is 29.0 Å². The monoisotopic (exact) mass is 508 g/mol. The van der Waals surface area contributed by atoms with E-state index in [1.165, 1.54) is 11.8 Å². The van der Waals surface area contributed by atoms with Gasteiger partial charge in [-0.2, -0.15) is 5.21 Å². The molecular formula is C26H27N7NaO3+. The fourth-order valence-electron chi connectivity index (χ4n) is 5.00. The molecule has 0 aliphatic carbocycles. The molecule has 1 atom stereocenters. The third-order valence-electron chi connectivity index (χ3n) is 6.63. The number of H-pyrrole nitrogens is 2. The maximum absolute atomic E-state index is 12.2. The molecule has 1 aliphatic rings. The van der Waals surface area contributed by atoms with E-state index in [0.717, 1.165) is 46.6 Å². The van der Waals surface area contributed by atoms with Gasteiger partial charge in [-0.3, -0.25) is 4.79 Å². The van der Waals surface area contributed by atoms with Gasteiger partial charge in [0.05, 0.1) is 5.97 Å². The Morgan fingerprint density at radius 1 is 1.14 bits per heavy atom. The molecule has 1 unspecified atom stereocenters. The Morgan fingerprint density at radius 2 is 1.86 bits per heavy atom. The van der Waals surface area contributed by atoms with E-state index in [9.17, 15) is 14.7 Å². The van der Waals surface area contributed by atoms with Crippen molar-refractivity contribution in [3.63, 3.8) is 0 Å². The summed E-state index contributed by atoms with van der Waals surface area (Å²) in [6, 6.07) is 14.9. The van der Waals surface area contributed by atoms with Gasteiger partial charge in [0.1, 0.15) is 18.3 Å². The molecule has 2 N–H and O–H groups in total. The normalized spacial score (nSPS) is 14.6. The van der Waals surface area contributed by atoms with Crippen molar-refractivity contribution in [3.05, 3.63) is 71.3 Å². The number of rotatable bonds is 7. The van der Waals surface area contributed by atoms with Crippen LogP contribution in [0, 0.1) is 0 Å². The smallest absolute Gasteiger partial charge is 0.547 e. The first-order valence-corrected chi connectivity index (χ1v) is 12.0. The van der Waals surface area contributed by atoms with E-state index in [1.807, 2.05) is 53.1 Å². The zero-order chi connectivity index (χ0) is 25.2. The van der Waals surface area contributed by atoms with Crippen molar-refractivity contribution in [2.75, 3.05) is 6.54 Å². The number of nitrogens with one attached hydrogen (secondary N) is 2. The molecule has 5 rings (SSSR count). The number of carboxylic acid groups (broad SMARTS) is 1. The van der Waals surface area contributed by atoms with Crippen LogP contribution < -0.4 is 39.2 Å². The number of carbonyl (C=O) groups excluding carboxylic acids is 2. The molecule has 1 aliphatic heterocycles. The summed E-state index contributed by atoms with van der Waals surface area (Å²) in [6.45, 7) is 4.30. The average molecular weight is 509 g/mol. The first-order valence-electron chi connectivity index (χ1n) is 12.0. The minimum Gasteiger partial charge on any atom is -0.547 e. The predicted molar refractivity (Wildman–Crippen MR) is 128 cm³/mol. The first-order chi connectivity index (χ1) is 17.5. The van der Waals surface area contributed by atoms with E-state index >= 15 is 0 Å². The molecule has 10 nitrogen and oxygen atoms in total. The van der Waals surface area contributed by atoms with E-state index in [1.54, 1.807) is 0 Å². The third kappa shape index (κ3) is 5.22. The number of hydrogen-bond acceptors (Lipinski definition) is 6.